The molecule has 0 spiro atoms. The van der Waals surface area contributed by atoms with E-state index >= 15 is 0 Å². The molecule has 2 rings (SSSR count). The molecule has 0 N–H and O–H groups in total. The lowest BCUT2D eigenvalue weighted by molar-refractivity contribution is 0.163. The van der Waals surface area contributed by atoms with Gasteiger partial charge in [-0.15, -0.1) is 0 Å². The molecule has 1 aromatic carbocycles. The maximum absolute atomic E-state index is 6.01. The van der Waals surface area contributed by atoms with Gasteiger partial charge in [-0.2, -0.15) is 0 Å². The first-order chi connectivity index (χ1) is 7.70. The lowest BCUT2D eigenvalue weighted by Crippen LogP contribution is -2.22. The Morgan fingerprint density at radius 1 is 1.38 bits per heavy atom. The average Bonchev–Trinajstić information content (AvgIpc) is 2.28. The zero-order valence-corrected chi connectivity index (χ0v) is 10.6. The van der Waals surface area contributed by atoms with Gasteiger partial charge in [-0.05, 0) is 42.4 Å². The predicted octanol–water partition coefficient (Wildman–Crippen LogP) is 4.30. The van der Waals surface area contributed by atoms with Gasteiger partial charge in [0.15, 0.2) is 0 Å². The molecule has 0 amide bonds. The highest BCUT2D eigenvalue weighted by molar-refractivity contribution is 5.39. The number of hydrogen-bond acceptors (Lipinski definition) is 1. The number of rotatable bonds is 3. The number of ether oxygens (including phenoxy) is 1. The van der Waals surface area contributed by atoms with E-state index in [-0.39, 0.29) is 0 Å². The van der Waals surface area contributed by atoms with E-state index in [0.29, 0.717) is 12.0 Å². The summed E-state index contributed by atoms with van der Waals surface area (Å²) in [6.45, 7) is 6.71. The second-order valence-corrected chi connectivity index (χ2v) is 5.09. The van der Waals surface area contributed by atoms with E-state index in [0.717, 1.165) is 5.75 Å². The molecule has 0 fully saturated rings. The first-order valence-electron chi connectivity index (χ1n) is 6.50. The van der Waals surface area contributed by atoms with E-state index < -0.39 is 0 Å². The highest BCUT2D eigenvalue weighted by Gasteiger charge is 2.19. The van der Waals surface area contributed by atoms with Crippen LogP contribution >= 0.6 is 0 Å². The van der Waals surface area contributed by atoms with Crippen molar-refractivity contribution < 1.29 is 4.74 Å². The van der Waals surface area contributed by atoms with Crippen molar-refractivity contribution in [1.82, 2.24) is 0 Å². The molecule has 88 valence electrons. The molecule has 0 aromatic heterocycles. The molecule has 1 heteroatoms. The van der Waals surface area contributed by atoms with Crippen LogP contribution in [-0.2, 0) is 6.42 Å². The molecule has 0 saturated heterocycles. The first-order valence-corrected chi connectivity index (χ1v) is 6.50. The molecule has 0 aliphatic carbocycles. The van der Waals surface area contributed by atoms with Crippen molar-refractivity contribution >= 4 is 0 Å². The lowest BCUT2D eigenvalue weighted by atomic mass is 9.95. The lowest BCUT2D eigenvalue weighted by Gasteiger charge is -2.26. The Morgan fingerprint density at radius 3 is 2.88 bits per heavy atom. The number of fused-ring (bicyclic) bond motifs is 1. The first kappa shape index (κ1) is 11.5. The molecular formula is C15H22O. The maximum Gasteiger partial charge on any atom is 0.122 e. The summed E-state index contributed by atoms with van der Waals surface area (Å²) in [5, 5.41) is 0. The largest absolute Gasteiger partial charge is 0.490 e. The molecule has 1 atom stereocenters. The van der Waals surface area contributed by atoms with E-state index in [1.807, 2.05) is 0 Å². The van der Waals surface area contributed by atoms with Gasteiger partial charge in [-0.1, -0.05) is 39.3 Å². The van der Waals surface area contributed by atoms with Gasteiger partial charge < -0.3 is 4.74 Å². The van der Waals surface area contributed by atoms with Crippen LogP contribution in [0, 0.1) is 0 Å². The molecule has 1 heterocycles. The van der Waals surface area contributed by atoms with Crippen LogP contribution in [0.5, 0.6) is 5.75 Å². The van der Waals surface area contributed by atoms with E-state index in [1.165, 1.54) is 36.8 Å². The Bertz CT molecular complexity index is 354. The summed E-state index contributed by atoms with van der Waals surface area (Å²) in [7, 11) is 0. The average molecular weight is 218 g/mol. The summed E-state index contributed by atoms with van der Waals surface area (Å²) in [5.41, 5.74) is 2.83. The molecule has 1 aliphatic rings. The summed E-state index contributed by atoms with van der Waals surface area (Å²) >= 11 is 0. The summed E-state index contributed by atoms with van der Waals surface area (Å²) in [6.07, 6.45) is 5.21. The number of benzene rings is 1. The molecule has 1 aliphatic heterocycles. The minimum absolute atomic E-state index is 0.447. The Balaban J connectivity index is 2.15. The van der Waals surface area contributed by atoms with E-state index in [4.69, 9.17) is 4.74 Å². The van der Waals surface area contributed by atoms with Crippen molar-refractivity contribution in [3.05, 3.63) is 29.3 Å². The van der Waals surface area contributed by atoms with Crippen LogP contribution in [0.25, 0.3) is 0 Å². The number of hydrogen-bond donors (Lipinski definition) is 0. The Labute approximate surface area is 98.8 Å². The minimum Gasteiger partial charge on any atom is -0.490 e. The van der Waals surface area contributed by atoms with Crippen molar-refractivity contribution in [3.63, 3.8) is 0 Å². The highest BCUT2D eigenvalue weighted by atomic mass is 16.5. The van der Waals surface area contributed by atoms with Crippen LogP contribution in [0.2, 0.25) is 0 Å². The summed E-state index contributed by atoms with van der Waals surface area (Å²) < 4.78 is 6.01. The highest BCUT2D eigenvalue weighted by Crippen LogP contribution is 2.31. The van der Waals surface area contributed by atoms with Crippen LogP contribution in [0.1, 0.15) is 57.1 Å². The van der Waals surface area contributed by atoms with Crippen molar-refractivity contribution in [1.29, 1.82) is 0 Å². The standard InChI is InChI=1S/C15H22O/c1-4-5-14-8-6-13-10-12(11(2)3)7-9-15(13)16-14/h7,9-11,14H,4-6,8H2,1-3H3. The van der Waals surface area contributed by atoms with Crippen molar-refractivity contribution in [2.75, 3.05) is 0 Å². The third-order valence-electron chi connectivity index (χ3n) is 3.39. The fraction of sp³-hybridized carbons (Fsp3) is 0.600. The monoisotopic (exact) mass is 218 g/mol. The third kappa shape index (κ3) is 2.40. The second kappa shape index (κ2) is 4.90. The summed E-state index contributed by atoms with van der Waals surface area (Å²) in [5.74, 6) is 1.73. The van der Waals surface area contributed by atoms with Gasteiger partial charge in [0, 0.05) is 0 Å². The SMILES string of the molecule is CCCC1CCc2cc(C(C)C)ccc2O1. The fourth-order valence-electron chi connectivity index (χ4n) is 2.35. The fourth-order valence-corrected chi connectivity index (χ4v) is 2.35. The molecule has 0 radical (unpaired) electrons. The topological polar surface area (TPSA) is 9.23 Å². The minimum atomic E-state index is 0.447. The molecule has 1 unspecified atom stereocenters. The predicted molar refractivity (Wildman–Crippen MR) is 68.2 cm³/mol. The van der Waals surface area contributed by atoms with E-state index in [1.54, 1.807) is 0 Å². The quantitative estimate of drug-likeness (QED) is 0.734. The van der Waals surface area contributed by atoms with Crippen LogP contribution in [0.3, 0.4) is 0 Å². The van der Waals surface area contributed by atoms with Gasteiger partial charge in [0.25, 0.3) is 0 Å². The zero-order valence-electron chi connectivity index (χ0n) is 10.6. The normalized spacial score (nSPS) is 19.4. The Kier molecular flexibility index (Phi) is 3.52. The molecule has 1 aromatic rings. The molecule has 0 bridgehead atoms. The van der Waals surface area contributed by atoms with E-state index in [2.05, 4.69) is 39.0 Å². The molecule has 16 heavy (non-hydrogen) atoms. The Morgan fingerprint density at radius 2 is 2.19 bits per heavy atom. The maximum atomic E-state index is 6.01. The van der Waals surface area contributed by atoms with Gasteiger partial charge >= 0.3 is 0 Å². The van der Waals surface area contributed by atoms with Crippen LogP contribution in [-0.4, -0.2) is 6.10 Å². The van der Waals surface area contributed by atoms with Gasteiger partial charge in [0.05, 0.1) is 6.10 Å². The smallest absolute Gasteiger partial charge is 0.122 e. The molecule has 0 saturated carbocycles. The van der Waals surface area contributed by atoms with Crippen LogP contribution < -0.4 is 4.74 Å². The van der Waals surface area contributed by atoms with E-state index in [9.17, 15) is 0 Å². The summed E-state index contributed by atoms with van der Waals surface area (Å²) in [4.78, 5) is 0. The second-order valence-electron chi connectivity index (χ2n) is 5.09. The molecule has 1 nitrogen and oxygen atoms in total. The van der Waals surface area contributed by atoms with Crippen molar-refractivity contribution in [2.24, 2.45) is 0 Å². The van der Waals surface area contributed by atoms with Crippen LogP contribution in [0.4, 0.5) is 0 Å². The zero-order chi connectivity index (χ0) is 11.5. The number of aryl methyl sites for hydroxylation is 1. The van der Waals surface area contributed by atoms with Crippen molar-refractivity contribution in [2.45, 2.75) is 58.5 Å². The van der Waals surface area contributed by atoms with Gasteiger partial charge in [-0.25, -0.2) is 0 Å². The Hall–Kier alpha value is -0.980. The van der Waals surface area contributed by atoms with Gasteiger partial charge in [0.1, 0.15) is 5.75 Å². The summed E-state index contributed by atoms with van der Waals surface area (Å²) in [6, 6.07) is 6.69. The third-order valence-corrected chi connectivity index (χ3v) is 3.39. The molecular weight excluding hydrogens is 196 g/mol. The van der Waals surface area contributed by atoms with Gasteiger partial charge in [0.2, 0.25) is 0 Å². The van der Waals surface area contributed by atoms with Crippen molar-refractivity contribution in [3.8, 4) is 5.75 Å². The van der Waals surface area contributed by atoms with Crippen LogP contribution in [0.15, 0.2) is 18.2 Å². The van der Waals surface area contributed by atoms with Gasteiger partial charge in [-0.3, -0.25) is 0 Å².